The summed E-state index contributed by atoms with van der Waals surface area (Å²) in [6, 6.07) is 2.55. The lowest BCUT2D eigenvalue weighted by Gasteiger charge is -2.37. The molecule has 0 bridgehead atoms. The second-order valence-electron chi connectivity index (χ2n) is 5.18. The predicted molar refractivity (Wildman–Crippen MR) is 86.6 cm³/mol. The average molecular weight is 566 g/mol. The lowest BCUT2D eigenvalue weighted by atomic mass is 9.83. The van der Waals surface area contributed by atoms with Crippen LogP contribution in [0.1, 0.15) is 16.7 Å². The van der Waals surface area contributed by atoms with E-state index in [0.717, 1.165) is 6.92 Å². The van der Waals surface area contributed by atoms with E-state index in [1.165, 1.54) is 22.6 Å². The van der Waals surface area contributed by atoms with Gasteiger partial charge in [0.25, 0.3) is 0 Å². The third-order valence-electron chi connectivity index (χ3n) is 3.19. The highest BCUT2D eigenvalue weighted by molar-refractivity contribution is 14.1. The van der Waals surface area contributed by atoms with Gasteiger partial charge in [-0.25, -0.2) is 4.39 Å². The maximum absolute atomic E-state index is 14.8. The molecule has 26 heavy (non-hydrogen) atoms. The molecule has 0 nitrogen and oxygen atoms in total. The summed E-state index contributed by atoms with van der Waals surface area (Å²) in [5.41, 5.74) is -9.38. The standard InChI is InChI=1S/C13H6Cl3F9I/c1-5-2-7(6(8(26)3-5)4-9(14,15)16)10(17,12(20,21)22)11(18,19)13(23,24)25/h2H,4H2,1H3. The van der Waals surface area contributed by atoms with Gasteiger partial charge in [0.2, 0.25) is 0 Å². The molecule has 1 atom stereocenters. The highest BCUT2D eigenvalue weighted by Crippen LogP contribution is 2.59. The number of benzene rings is 1. The molecule has 0 amide bonds. The van der Waals surface area contributed by atoms with Gasteiger partial charge in [-0.15, -0.1) is 0 Å². The quantitative estimate of drug-likeness (QED) is 0.206. The molecule has 0 aliphatic rings. The Morgan fingerprint density at radius 3 is 1.73 bits per heavy atom. The maximum atomic E-state index is 14.8. The van der Waals surface area contributed by atoms with Crippen molar-refractivity contribution in [2.45, 2.75) is 41.1 Å². The van der Waals surface area contributed by atoms with Crippen LogP contribution in [-0.4, -0.2) is 22.1 Å². The summed E-state index contributed by atoms with van der Waals surface area (Å²) in [7, 11) is 0. The van der Waals surface area contributed by atoms with Crippen molar-refractivity contribution in [2.75, 3.05) is 0 Å². The van der Waals surface area contributed by atoms with E-state index in [4.69, 9.17) is 34.8 Å². The van der Waals surface area contributed by atoms with Crippen molar-refractivity contribution in [3.05, 3.63) is 32.4 Å². The number of aryl methyl sites for hydroxylation is 1. The topological polar surface area (TPSA) is 0 Å². The Morgan fingerprint density at radius 1 is 0.923 bits per heavy atom. The first-order chi connectivity index (χ1) is 11.3. The summed E-state index contributed by atoms with van der Waals surface area (Å²) in [5, 5.41) is 0. The molecule has 1 rings (SSSR count). The summed E-state index contributed by atoms with van der Waals surface area (Å²) in [6.07, 6.45) is -14.5. The molecule has 0 heterocycles. The van der Waals surface area contributed by atoms with Gasteiger partial charge in [-0.1, -0.05) is 40.9 Å². The number of rotatable bonds is 3. The van der Waals surface area contributed by atoms with Crippen molar-refractivity contribution < 1.29 is 39.5 Å². The first kappa shape index (κ1) is 24.2. The largest absolute Gasteiger partial charge is 0.457 e. The summed E-state index contributed by atoms with van der Waals surface area (Å²) in [4.78, 5) is 0. The normalized spacial score (nSPS) is 16.5. The molecule has 0 aromatic heterocycles. The SMILES string of the molecule is Cc1[c]c(I)c(CC(Cl)(Cl)Cl)c(C(F)(C(F)(F)F)C(F)(F)C(F)(F)F)c1. The van der Waals surface area contributed by atoms with Crippen LogP contribution in [0.25, 0.3) is 0 Å². The van der Waals surface area contributed by atoms with Crippen molar-refractivity contribution in [2.24, 2.45) is 0 Å². The minimum Gasteiger partial charge on any atom is -0.221 e. The third-order valence-corrected chi connectivity index (χ3v) is 4.51. The van der Waals surface area contributed by atoms with E-state index in [9.17, 15) is 39.5 Å². The van der Waals surface area contributed by atoms with Crippen molar-refractivity contribution in [3.8, 4) is 0 Å². The fourth-order valence-corrected chi connectivity index (χ4v) is 3.39. The Balaban J connectivity index is 3.97. The van der Waals surface area contributed by atoms with Crippen LogP contribution in [0.15, 0.2) is 6.07 Å². The average Bonchev–Trinajstić information content (AvgIpc) is 2.36. The van der Waals surface area contributed by atoms with Gasteiger partial charge in [-0.2, -0.15) is 35.1 Å². The van der Waals surface area contributed by atoms with E-state index in [1.54, 1.807) is 0 Å². The molecule has 13 heteroatoms. The highest BCUT2D eigenvalue weighted by Gasteiger charge is 2.82. The van der Waals surface area contributed by atoms with Crippen LogP contribution in [-0.2, 0) is 12.1 Å². The number of hydrogen-bond acceptors (Lipinski definition) is 0. The third kappa shape index (κ3) is 4.43. The lowest BCUT2D eigenvalue weighted by molar-refractivity contribution is -0.389. The Hall–Kier alpha value is 0.190. The maximum Gasteiger partial charge on any atom is 0.457 e. The fourth-order valence-electron chi connectivity index (χ4n) is 2.08. The van der Waals surface area contributed by atoms with Gasteiger partial charge in [0.1, 0.15) is 0 Å². The zero-order valence-corrected chi connectivity index (χ0v) is 16.6. The van der Waals surface area contributed by atoms with Crippen molar-refractivity contribution in [3.63, 3.8) is 0 Å². The molecule has 0 aliphatic heterocycles. The molecule has 0 N–H and O–H groups in total. The molecule has 0 spiro atoms. The van der Waals surface area contributed by atoms with Gasteiger partial charge in [0, 0.05) is 15.6 Å². The van der Waals surface area contributed by atoms with Gasteiger partial charge in [-0.3, -0.25) is 0 Å². The molecule has 1 aromatic carbocycles. The summed E-state index contributed by atoms with van der Waals surface area (Å²) < 4.78 is 117. The first-order valence-electron chi connectivity index (χ1n) is 6.24. The summed E-state index contributed by atoms with van der Waals surface area (Å²) in [6.45, 7) is 1.04. The van der Waals surface area contributed by atoms with Crippen LogP contribution in [0.2, 0.25) is 0 Å². The van der Waals surface area contributed by atoms with Gasteiger partial charge in [-0.05, 0) is 46.7 Å². The zero-order valence-electron chi connectivity index (χ0n) is 12.2. The summed E-state index contributed by atoms with van der Waals surface area (Å²) in [5.74, 6) is -6.81. The summed E-state index contributed by atoms with van der Waals surface area (Å²) >= 11 is 17.5. The van der Waals surface area contributed by atoms with Crippen LogP contribution in [0.3, 0.4) is 0 Å². The molecule has 0 aliphatic carbocycles. The molecule has 1 radical (unpaired) electrons. The number of alkyl halides is 12. The molecule has 1 aromatic rings. The Kier molecular flexibility index (Phi) is 6.73. The monoisotopic (exact) mass is 565 g/mol. The van der Waals surface area contributed by atoms with Crippen LogP contribution in [0.4, 0.5) is 39.5 Å². The van der Waals surface area contributed by atoms with Crippen LogP contribution < -0.4 is 0 Å². The fraction of sp³-hybridized carbons (Fsp3) is 0.538. The molecular formula is C13H6Cl3F9I. The Morgan fingerprint density at radius 2 is 1.38 bits per heavy atom. The van der Waals surface area contributed by atoms with Gasteiger partial charge >= 0.3 is 23.9 Å². The second-order valence-corrected chi connectivity index (χ2v) is 8.77. The highest BCUT2D eigenvalue weighted by atomic mass is 127. The molecule has 1 unspecified atom stereocenters. The molecule has 0 saturated carbocycles. The minimum atomic E-state index is -6.84. The van der Waals surface area contributed by atoms with Crippen LogP contribution in [0.5, 0.6) is 0 Å². The van der Waals surface area contributed by atoms with Crippen molar-refractivity contribution in [1.29, 1.82) is 0 Å². The smallest absolute Gasteiger partial charge is 0.221 e. The molecular weight excluding hydrogens is 560 g/mol. The number of hydrogen-bond donors (Lipinski definition) is 0. The van der Waals surface area contributed by atoms with E-state index >= 15 is 0 Å². The number of halogens is 13. The van der Waals surface area contributed by atoms with E-state index in [-0.39, 0.29) is 11.6 Å². The van der Waals surface area contributed by atoms with Gasteiger partial charge in [0.15, 0.2) is 3.79 Å². The van der Waals surface area contributed by atoms with Crippen molar-refractivity contribution in [1.82, 2.24) is 0 Å². The molecule has 0 fully saturated rings. The van der Waals surface area contributed by atoms with E-state index < -0.39 is 48.9 Å². The van der Waals surface area contributed by atoms with E-state index in [1.807, 2.05) is 0 Å². The van der Waals surface area contributed by atoms with E-state index in [2.05, 4.69) is 6.07 Å². The minimum absolute atomic E-state index is 0.182. The first-order valence-corrected chi connectivity index (χ1v) is 8.45. The second kappa shape index (κ2) is 7.22. The Bertz CT molecular complexity index is 679. The van der Waals surface area contributed by atoms with E-state index in [0.29, 0.717) is 0 Å². The zero-order chi connectivity index (χ0) is 20.9. The van der Waals surface area contributed by atoms with Crippen LogP contribution in [0, 0.1) is 16.6 Å². The van der Waals surface area contributed by atoms with Gasteiger partial charge < -0.3 is 0 Å². The van der Waals surface area contributed by atoms with Crippen molar-refractivity contribution >= 4 is 57.4 Å². The predicted octanol–water partition coefficient (Wildman–Crippen LogP) is 7.24. The Labute approximate surface area is 170 Å². The molecule has 149 valence electrons. The molecule has 0 saturated heterocycles. The lowest BCUT2D eigenvalue weighted by Crippen LogP contribution is -2.60. The van der Waals surface area contributed by atoms with Crippen LogP contribution >= 0.6 is 57.4 Å². The van der Waals surface area contributed by atoms with Gasteiger partial charge in [0.05, 0.1) is 0 Å².